The average molecular weight is 262 g/mol. The quantitative estimate of drug-likeness (QED) is 0.722. The maximum absolute atomic E-state index is 11.9. The van der Waals surface area contributed by atoms with Crippen molar-refractivity contribution in [2.24, 2.45) is 0 Å². The van der Waals surface area contributed by atoms with Crippen molar-refractivity contribution >= 4 is 11.6 Å². The zero-order valence-electron chi connectivity index (χ0n) is 11.1. The van der Waals surface area contributed by atoms with Gasteiger partial charge in [-0.25, -0.2) is 0 Å². The Morgan fingerprint density at radius 1 is 1.32 bits per heavy atom. The molecule has 4 N–H and O–H groups in total. The highest BCUT2D eigenvalue weighted by Crippen LogP contribution is 2.18. The van der Waals surface area contributed by atoms with Gasteiger partial charge in [0.05, 0.1) is 12.1 Å². The largest absolute Gasteiger partial charge is 0.399 e. The van der Waals surface area contributed by atoms with E-state index in [0.717, 1.165) is 36.9 Å². The lowest BCUT2D eigenvalue weighted by Crippen LogP contribution is -2.45. The summed E-state index contributed by atoms with van der Waals surface area (Å²) in [6.45, 7) is 0. The highest BCUT2D eigenvalue weighted by atomic mass is 16.3. The summed E-state index contributed by atoms with van der Waals surface area (Å²) in [5.41, 5.74) is 7.57. The van der Waals surface area contributed by atoms with Crippen molar-refractivity contribution in [3.8, 4) is 0 Å². The molecule has 19 heavy (non-hydrogen) atoms. The first-order valence-electron chi connectivity index (χ1n) is 6.97. The summed E-state index contributed by atoms with van der Waals surface area (Å²) in [5, 5.41) is 12.7. The lowest BCUT2D eigenvalue weighted by atomic mass is 9.92. The minimum atomic E-state index is -0.389. The fourth-order valence-corrected chi connectivity index (χ4v) is 2.57. The molecular weight excluding hydrogens is 240 g/mol. The van der Waals surface area contributed by atoms with Gasteiger partial charge in [-0.3, -0.25) is 4.79 Å². The van der Waals surface area contributed by atoms with E-state index in [1.807, 2.05) is 24.3 Å². The maximum Gasteiger partial charge on any atom is 0.220 e. The number of aliphatic hydroxyl groups is 1. The summed E-state index contributed by atoms with van der Waals surface area (Å²) in [6, 6.07) is 7.52. The third-order valence-electron chi connectivity index (χ3n) is 3.75. The second-order valence-corrected chi connectivity index (χ2v) is 5.22. The number of carbonyl (C=O) groups is 1. The van der Waals surface area contributed by atoms with Crippen LogP contribution in [-0.4, -0.2) is 23.2 Å². The Morgan fingerprint density at radius 2 is 2.05 bits per heavy atom. The van der Waals surface area contributed by atoms with Crippen LogP contribution in [-0.2, 0) is 11.2 Å². The van der Waals surface area contributed by atoms with E-state index in [9.17, 15) is 9.90 Å². The molecule has 0 saturated heterocycles. The van der Waals surface area contributed by atoms with Gasteiger partial charge in [-0.2, -0.15) is 0 Å². The number of benzene rings is 1. The Labute approximate surface area is 114 Å². The molecule has 0 unspecified atom stereocenters. The first-order valence-corrected chi connectivity index (χ1v) is 6.97. The maximum atomic E-state index is 11.9. The smallest absolute Gasteiger partial charge is 0.220 e. The van der Waals surface area contributed by atoms with E-state index >= 15 is 0 Å². The first kappa shape index (κ1) is 13.9. The first-order chi connectivity index (χ1) is 9.16. The Bertz CT molecular complexity index is 434. The summed E-state index contributed by atoms with van der Waals surface area (Å²) in [6.07, 6.45) is 4.46. The molecule has 1 aromatic carbocycles. The Hall–Kier alpha value is -1.55. The predicted molar refractivity (Wildman–Crippen MR) is 75.6 cm³/mol. The number of amides is 1. The van der Waals surface area contributed by atoms with Crippen molar-refractivity contribution in [3.63, 3.8) is 0 Å². The zero-order valence-corrected chi connectivity index (χ0v) is 11.1. The van der Waals surface area contributed by atoms with Crippen LogP contribution >= 0.6 is 0 Å². The lowest BCUT2D eigenvalue weighted by molar-refractivity contribution is -0.123. The van der Waals surface area contributed by atoms with Crippen LogP contribution in [0.15, 0.2) is 24.3 Å². The van der Waals surface area contributed by atoms with Crippen LogP contribution in [0.1, 0.15) is 37.7 Å². The number of para-hydroxylation sites is 1. The molecule has 1 amide bonds. The zero-order chi connectivity index (χ0) is 13.7. The SMILES string of the molecule is Nc1ccccc1CCC(=O)N[C@H]1CCCC[C@@H]1O. The van der Waals surface area contributed by atoms with Gasteiger partial charge in [0, 0.05) is 12.1 Å². The molecule has 4 nitrogen and oxygen atoms in total. The molecule has 1 fully saturated rings. The average Bonchev–Trinajstić information content (AvgIpc) is 2.40. The number of rotatable bonds is 4. The highest BCUT2D eigenvalue weighted by Gasteiger charge is 2.24. The summed E-state index contributed by atoms with van der Waals surface area (Å²) in [4.78, 5) is 11.9. The minimum Gasteiger partial charge on any atom is -0.399 e. The number of carbonyl (C=O) groups excluding carboxylic acids is 1. The van der Waals surface area contributed by atoms with Gasteiger partial charge in [-0.15, -0.1) is 0 Å². The monoisotopic (exact) mass is 262 g/mol. The molecular formula is C15H22N2O2. The van der Waals surface area contributed by atoms with Crippen molar-refractivity contribution in [3.05, 3.63) is 29.8 Å². The molecule has 1 aliphatic rings. The molecule has 0 heterocycles. The number of hydrogen-bond acceptors (Lipinski definition) is 3. The van der Waals surface area contributed by atoms with Crippen LogP contribution in [0.3, 0.4) is 0 Å². The van der Waals surface area contributed by atoms with Crippen LogP contribution in [0.4, 0.5) is 5.69 Å². The van der Waals surface area contributed by atoms with E-state index < -0.39 is 0 Å². The molecule has 1 aromatic rings. The van der Waals surface area contributed by atoms with Crippen LogP contribution in [0.5, 0.6) is 0 Å². The molecule has 0 radical (unpaired) electrons. The topological polar surface area (TPSA) is 75.4 Å². The number of aryl methyl sites for hydroxylation is 1. The molecule has 0 spiro atoms. The van der Waals surface area contributed by atoms with Crippen LogP contribution in [0.25, 0.3) is 0 Å². The molecule has 104 valence electrons. The second-order valence-electron chi connectivity index (χ2n) is 5.22. The summed E-state index contributed by atoms with van der Waals surface area (Å²) in [7, 11) is 0. The Morgan fingerprint density at radius 3 is 2.79 bits per heavy atom. The minimum absolute atomic E-state index is 0.00537. The van der Waals surface area contributed by atoms with Gasteiger partial charge in [0.2, 0.25) is 5.91 Å². The van der Waals surface area contributed by atoms with Gasteiger partial charge in [0.25, 0.3) is 0 Å². The Balaban J connectivity index is 1.80. The third-order valence-corrected chi connectivity index (χ3v) is 3.75. The van der Waals surface area contributed by atoms with Crippen molar-refractivity contribution in [2.75, 3.05) is 5.73 Å². The lowest BCUT2D eigenvalue weighted by Gasteiger charge is -2.28. The number of hydrogen-bond donors (Lipinski definition) is 3. The van der Waals surface area contributed by atoms with E-state index in [0.29, 0.717) is 12.8 Å². The van der Waals surface area contributed by atoms with Crippen molar-refractivity contribution in [2.45, 2.75) is 50.7 Å². The van der Waals surface area contributed by atoms with Gasteiger partial charge in [-0.1, -0.05) is 31.0 Å². The number of nitrogens with two attached hydrogens (primary N) is 1. The van der Waals surface area contributed by atoms with Crippen LogP contribution in [0, 0.1) is 0 Å². The van der Waals surface area contributed by atoms with Gasteiger partial charge in [0.15, 0.2) is 0 Å². The summed E-state index contributed by atoms with van der Waals surface area (Å²) in [5.74, 6) is -0.00537. The molecule has 4 heteroatoms. The van der Waals surface area contributed by atoms with E-state index in [1.54, 1.807) is 0 Å². The standard InChI is InChI=1S/C15H22N2O2/c16-12-6-2-1-5-11(12)9-10-15(19)17-13-7-3-4-8-14(13)18/h1-2,5-6,13-14,18H,3-4,7-10,16H2,(H,17,19)/t13-,14-/m0/s1. The number of anilines is 1. The molecule has 0 bridgehead atoms. The Kier molecular flexibility index (Phi) is 4.80. The van der Waals surface area contributed by atoms with Gasteiger partial charge < -0.3 is 16.2 Å². The van der Waals surface area contributed by atoms with E-state index in [4.69, 9.17) is 5.73 Å². The molecule has 1 aliphatic carbocycles. The predicted octanol–water partition coefficient (Wildman–Crippen LogP) is 1.62. The van der Waals surface area contributed by atoms with E-state index in [1.165, 1.54) is 0 Å². The van der Waals surface area contributed by atoms with Gasteiger partial charge in [-0.05, 0) is 30.9 Å². The van der Waals surface area contributed by atoms with Crippen molar-refractivity contribution in [1.29, 1.82) is 0 Å². The molecule has 0 aliphatic heterocycles. The van der Waals surface area contributed by atoms with E-state index in [-0.39, 0.29) is 18.1 Å². The molecule has 2 rings (SSSR count). The van der Waals surface area contributed by atoms with Crippen LogP contribution < -0.4 is 11.1 Å². The number of nitrogen functional groups attached to an aromatic ring is 1. The third kappa shape index (κ3) is 3.96. The molecule has 1 saturated carbocycles. The van der Waals surface area contributed by atoms with Gasteiger partial charge >= 0.3 is 0 Å². The number of nitrogens with one attached hydrogen (secondary N) is 1. The second kappa shape index (κ2) is 6.57. The normalized spacial score (nSPS) is 23.0. The fourth-order valence-electron chi connectivity index (χ4n) is 2.57. The molecule has 2 atom stereocenters. The highest BCUT2D eigenvalue weighted by molar-refractivity contribution is 5.76. The fraction of sp³-hybridized carbons (Fsp3) is 0.533. The van der Waals surface area contributed by atoms with Crippen molar-refractivity contribution in [1.82, 2.24) is 5.32 Å². The van der Waals surface area contributed by atoms with E-state index in [2.05, 4.69) is 5.32 Å². The number of aliphatic hydroxyl groups excluding tert-OH is 1. The van der Waals surface area contributed by atoms with Crippen molar-refractivity contribution < 1.29 is 9.90 Å². The molecule has 0 aromatic heterocycles. The van der Waals surface area contributed by atoms with Gasteiger partial charge in [0.1, 0.15) is 0 Å². The summed E-state index contributed by atoms with van der Waals surface area (Å²) >= 11 is 0. The summed E-state index contributed by atoms with van der Waals surface area (Å²) < 4.78 is 0. The van der Waals surface area contributed by atoms with Crippen LogP contribution in [0.2, 0.25) is 0 Å².